The Morgan fingerprint density at radius 1 is 1.33 bits per heavy atom. The number of likely N-dealkylation sites (tertiary alicyclic amines) is 1. The van der Waals surface area contributed by atoms with Crippen LogP contribution in [0, 0.1) is 5.82 Å². The maximum Gasteiger partial charge on any atom is 0.315 e. The lowest BCUT2D eigenvalue weighted by Crippen LogP contribution is -2.49. The number of ether oxygens (including phenoxy) is 1. The molecule has 3 amide bonds. The van der Waals surface area contributed by atoms with Crippen LogP contribution in [0.15, 0.2) is 24.3 Å². The molecule has 0 saturated carbocycles. The molecule has 0 spiro atoms. The summed E-state index contributed by atoms with van der Waals surface area (Å²) in [6, 6.07) is 5.64. The van der Waals surface area contributed by atoms with E-state index in [0.717, 1.165) is 6.42 Å². The number of hydrogen-bond donors (Lipinski definition) is 2. The average Bonchev–Trinajstić information content (AvgIpc) is 2.58. The number of carbonyl (C=O) groups excluding carboxylic acids is 2. The summed E-state index contributed by atoms with van der Waals surface area (Å²) in [5.74, 6) is -0.186. The van der Waals surface area contributed by atoms with E-state index in [4.69, 9.17) is 4.74 Å². The zero-order chi connectivity index (χ0) is 17.4. The summed E-state index contributed by atoms with van der Waals surface area (Å²) in [6.07, 6.45) is 2.32. The Kier molecular flexibility index (Phi) is 6.84. The second kappa shape index (κ2) is 9.10. The molecular formula is C17H24FN3O3. The predicted molar refractivity (Wildman–Crippen MR) is 88.3 cm³/mol. The molecule has 0 aliphatic carbocycles. The van der Waals surface area contributed by atoms with Gasteiger partial charge in [-0.25, -0.2) is 9.18 Å². The van der Waals surface area contributed by atoms with Crippen LogP contribution in [-0.2, 0) is 4.79 Å². The molecule has 2 N–H and O–H groups in total. The monoisotopic (exact) mass is 337 g/mol. The first-order chi connectivity index (χ1) is 11.6. The summed E-state index contributed by atoms with van der Waals surface area (Å²) in [6.45, 7) is 3.68. The number of nitrogens with zero attached hydrogens (tertiary/aromatic N) is 1. The molecule has 0 unspecified atom stereocenters. The molecular weight excluding hydrogens is 313 g/mol. The maximum atomic E-state index is 13.1. The summed E-state index contributed by atoms with van der Waals surface area (Å²) >= 11 is 0. The van der Waals surface area contributed by atoms with Crippen molar-refractivity contribution in [3.8, 4) is 5.75 Å². The molecule has 0 atom stereocenters. The Labute approximate surface area is 141 Å². The highest BCUT2D eigenvalue weighted by atomic mass is 19.1. The van der Waals surface area contributed by atoms with E-state index in [1.807, 2.05) is 6.92 Å². The molecule has 1 aromatic rings. The van der Waals surface area contributed by atoms with Crippen LogP contribution >= 0.6 is 0 Å². The molecule has 0 aromatic heterocycles. The maximum absolute atomic E-state index is 13.1. The van der Waals surface area contributed by atoms with Crippen molar-refractivity contribution in [1.82, 2.24) is 15.5 Å². The van der Waals surface area contributed by atoms with Gasteiger partial charge in [0.2, 0.25) is 0 Å². The number of hydrogen-bond acceptors (Lipinski definition) is 3. The zero-order valence-electron chi connectivity index (χ0n) is 13.9. The minimum absolute atomic E-state index is 0.0787. The van der Waals surface area contributed by atoms with Crippen molar-refractivity contribution in [2.24, 2.45) is 0 Å². The first-order valence-electron chi connectivity index (χ1n) is 8.29. The number of urea groups is 1. The van der Waals surface area contributed by atoms with Gasteiger partial charge in [-0.1, -0.05) is 13.0 Å². The molecule has 2 rings (SSSR count). The summed E-state index contributed by atoms with van der Waals surface area (Å²) in [5.41, 5.74) is 0. The fourth-order valence-corrected chi connectivity index (χ4v) is 2.54. The second-order valence-corrected chi connectivity index (χ2v) is 5.80. The number of benzene rings is 1. The van der Waals surface area contributed by atoms with Crippen molar-refractivity contribution in [2.45, 2.75) is 32.2 Å². The molecule has 1 fully saturated rings. The van der Waals surface area contributed by atoms with E-state index < -0.39 is 5.82 Å². The quantitative estimate of drug-likeness (QED) is 0.833. The number of amides is 3. The van der Waals surface area contributed by atoms with E-state index in [-0.39, 0.29) is 24.6 Å². The fourth-order valence-electron chi connectivity index (χ4n) is 2.54. The number of nitrogens with one attached hydrogen (secondary N) is 2. The Morgan fingerprint density at radius 3 is 2.75 bits per heavy atom. The van der Waals surface area contributed by atoms with Gasteiger partial charge in [-0.05, 0) is 31.4 Å². The van der Waals surface area contributed by atoms with E-state index in [1.54, 1.807) is 11.0 Å². The second-order valence-electron chi connectivity index (χ2n) is 5.80. The van der Waals surface area contributed by atoms with E-state index in [0.29, 0.717) is 38.2 Å². The molecule has 24 heavy (non-hydrogen) atoms. The van der Waals surface area contributed by atoms with Crippen LogP contribution < -0.4 is 15.4 Å². The van der Waals surface area contributed by atoms with E-state index in [1.165, 1.54) is 18.2 Å². The van der Waals surface area contributed by atoms with Crippen molar-refractivity contribution in [3.63, 3.8) is 0 Å². The molecule has 1 aliphatic rings. The fraction of sp³-hybridized carbons (Fsp3) is 0.529. The summed E-state index contributed by atoms with van der Waals surface area (Å²) in [7, 11) is 0. The highest BCUT2D eigenvalue weighted by molar-refractivity contribution is 5.78. The minimum atomic E-state index is -0.395. The van der Waals surface area contributed by atoms with Crippen LogP contribution in [0.2, 0.25) is 0 Å². The molecule has 7 heteroatoms. The number of piperidine rings is 1. The van der Waals surface area contributed by atoms with Crippen LogP contribution in [0.4, 0.5) is 9.18 Å². The van der Waals surface area contributed by atoms with Crippen molar-refractivity contribution >= 4 is 11.9 Å². The molecule has 6 nitrogen and oxygen atoms in total. The summed E-state index contributed by atoms with van der Waals surface area (Å²) < 4.78 is 18.4. The zero-order valence-corrected chi connectivity index (χ0v) is 13.9. The van der Waals surface area contributed by atoms with Crippen LogP contribution in [0.25, 0.3) is 0 Å². The molecule has 1 aromatic carbocycles. The van der Waals surface area contributed by atoms with Gasteiger partial charge in [-0.2, -0.15) is 0 Å². The molecule has 0 radical (unpaired) electrons. The molecule has 132 valence electrons. The summed E-state index contributed by atoms with van der Waals surface area (Å²) in [4.78, 5) is 25.5. The Bertz CT molecular complexity index is 560. The number of carbonyl (C=O) groups is 2. The standard InChI is InChI=1S/C17H24FN3O3/c1-2-8-19-17(23)20-14-6-9-21(10-7-14)16(22)12-24-15-5-3-4-13(18)11-15/h3-5,11,14H,2,6-10,12H2,1H3,(H2,19,20,23). The van der Waals surface area contributed by atoms with Gasteiger partial charge in [0.05, 0.1) is 0 Å². The largest absolute Gasteiger partial charge is 0.484 e. The molecule has 1 heterocycles. The van der Waals surface area contributed by atoms with E-state index in [9.17, 15) is 14.0 Å². The molecule has 0 bridgehead atoms. The molecule has 1 saturated heterocycles. The third-order valence-electron chi connectivity index (χ3n) is 3.88. The topological polar surface area (TPSA) is 70.7 Å². The van der Waals surface area contributed by atoms with E-state index >= 15 is 0 Å². The van der Waals surface area contributed by atoms with Gasteiger partial charge in [0.15, 0.2) is 6.61 Å². The van der Waals surface area contributed by atoms with Gasteiger partial charge in [0, 0.05) is 31.7 Å². The Balaban J connectivity index is 1.69. The smallest absolute Gasteiger partial charge is 0.315 e. The van der Waals surface area contributed by atoms with Gasteiger partial charge in [-0.15, -0.1) is 0 Å². The van der Waals surface area contributed by atoms with Crippen LogP contribution in [0.3, 0.4) is 0 Å². The van der Waals surface area contributed by atoms with Gasteiger partial charge in [0.25, 0.3) is 5.91 Å². The minimum Gasteiger partial charge on any atom is -0.484 e. The predicted octanol–water partition coefficient (Wildman–Crippen LogP) is 1.90. The first-order valence-corrected chi connectivity index (χ1v) is 8.29. The Morgan fingerprint density at radius 2 is 2.08 bits per heavy atom. The average molecular weight is 337 g/mol. The SMILES string of the molecule is CCCNC(=O)NC1CCN(C(=O)COc2cccc(F)c2)CC1. The van der Waals surface area contributed by atoms with Crippen LogP contribution in [0.5, 0.6) is 5.75 Å². The van der Waals surface area contributed by atoms with Crippen molar-refractivity contribution in [2.75, 3.05) is 26.2 Å². The van der Waals surface area contributed by atoms with Crippen molar-refractivity contribution < 1.29 is 18.7 Å². The van der Waals surface area contributed by atoms with Crippen LogP contribution in [0.1, 0.15) is 26.2 Å². The third-order valence-corrected chi connectivity index (χ3v) is 3.88. The van der Waals surface area contributed by atoms with Crippen molar-refractivity contribution in [1.29, 1.82) is 0 Å². The van der Waals surface area contributed by atoms with Gasteiger partial charge in [-0.3, -0.25) is 4.79 Å². The van der Waals surface area contributed by atoms with Gasteiger partial charge >= 0.3 is 6.03 Å². The lowest BCUT2D eigenvalue weighted by Gasteiger charge is -2.32. The number of rotatable bonds is 6. The first kappa shape index (κ1) is 18.0. The normalized spacial score (nSPS) is 15.0. The van der Waals surface area contributed by atoms with Gasteiger partial charge in [0.1, 0.15) is 11.6 Å². The van der Waals surface area contributed by atoms with Crippen LogP contribution in [-0.4, -0.2) is 49.1 Å². The highest BCUT2D eigenvalue weighted by Gasteiger charge is 2.24. The lowest BCUT2D eigenvalue weighted by atomic mass is 10.1. The highest BCUT2D eigenvalue weighted by Crippen LogP contribution is 2.14. The Hall–Kier alpha value is -2.31. The lowest BCUT2D eigenvalue weighted by molar-refractivity contribution is -0.134. The van der Waals surface area contributed by atoms with E-state index in [2.05, 4.69) is 10.6 Å². The summed E-state index contributed by atoms with van der Waals surface area (Å²) in [5, 5.41) is 5.69. The molecule has 1 aliphatic heterocycles. The van der Waals surface area contributed by atoms with Crippen molar-refractivity contribution in [3.05, 3.63) is 30.1 Å². The van der Waals surface area contributed by atoms with Gasteiger partial charge < -0.3 is 20.3 Å². The number of halogens is 1. The third kappa shape index (κ3) is 5.72.